The topological polar surface area (TPSA) is 95.3 Å². The molecule has 1 amide bonds. The predicted octanol–water partition coefficient (Wildman–Crippen LogP) is 4.48. The lowest BCUT2D eigenvalue weighted by Crippen LogP contribution is -2.46. The molecule has 1 aliphatic rings. The van der Waals surface area contributed by atoms with Gasteiger partial charge in [0.2, 0.25) is 11.8 Å². The minimum Gasteiger partial charge on any atom is -0.480 e. The van der Waals surface area contributed by atoms with Gasteiger partial charge in [0.15, 0.2) is 0 Å². The molecule has 0 spiro atoms. The van der Waals surface area contributed by atoms with E-state index in [9.17, 15) is 4.79 Å². The Morgan fingerprint density at radius 2 is 1.64 bits per heavy atom. The first-order chi connectivity index (χ1) is 17.7. The van der Waals surface area contributed by atoms with E-state index in [1.807, 2.05) is 47.4 Å². The quantitative estimate of drug-likeness (QED) is 0.398. The summed E-state index contributed by atoms with van der Waals surface area (Å²) in [5, 5.41) is 8.43. The summed E-state index contributed by atoms with van der Waals surface area (Å²) >= 11 is 0. The molecule has 2 aromatic carbocycles. The zero-order valence-electron chi connectivity index (χ0n) is 20.4. The molecule has 4 aromatic rings. The molecule has 1 unspecified atom stereocenters. The molecule has 2 aromatic heterocycles. The van der Waals surface area contributed by atoms with E-state index in [2.05, 4.69) is 32.4 Å². The maximum absolute atomic E-state index is 13.4. The molecule has 0 N–H and O–H groups in total. The van der Waals surface area contributed by atoms with Gasteiger partial charge < -0.3 is 14.4 Å². The van der Waals surface area contributed by atoms with Crippen LogP contribution in [0.5, 0.6) is 11.8 Å². The van der Waals surface area contributed by atoms with Gasteiger partial charge in [-0.15, -0.1) is 5.10 Å². The van der Waals surface area contributed by atoms with Crippen LogP contribution < -0.4 is 9.47 Å². The Balaban J connectivity index is 1.35. The van der Waals surface area contributed by atoms with E-state index in [0.717, 1.165) is 43.4 Å². The highest BCUT2D eigenvalue weighted by Crippen LogP contribution is 2.35. The summed E-state index contributed by atoms with van der Waals surface area (Å²) in [7, 11) is 3.11. The number of aromatic nitrogens is 5. The fourth-order valence-corrected chi connectivity index (χ4v) is 4.69. The fraction of sp³-hybridized carbons (Fsp3) is 0.296. The lowest BCUT2D eigenvalue weighted by atomic mass is 9.96. The van der Waals surface area contributed by atoms with Gasteiger partial charge in [0.1, 0.15) is 17.6 Å². The van der Waals surface area contributed by atoms with Crippen LogP contribution in [0.2, 0.25) is 0 Å². The summed E-state index contributed by atoms with van der Waals surface area (Å²) in [6.07, 6.45) is 7.04. The van der Waals surface area contributed by atoms with Crippen molar-refractivity contribution in [2.45, 2.75) is 31.7 Å². The monoisotopic (exact) mass is 484 g/mol. The number of amides is 1. The van der Waals surface area contributed by atoms with Crippen molar-refractivity contribution in [1.29, 1.82) is 0 Å². The third-order valence-electron chi connectivity index (χ3n) is 6.51. The Morgan fingerprint density at radius 3 is 2.33 bits per heavy atom. The largest absolute Gasteiger partial charge is 0.480 e. The van der Waals surface area contributed by atoms with Crippen LogP contribution >= 0.6 is 0 Å². The zero-order valence-corrected chi connectivity index (χ0v) is 20.4. The number of hydrogen-bond acceptors (Lipinski definition) is 7. The number of rotatable bonds is 6. The smallest absolute Gasteiger partial charge is 0.346 e. The van der Waals surface area contributed by atoms with Gasteiger partial charge in [-0.3, -0.25) is 0 Å². The minimum absolute atomic E-state index is 0.137. The lowest BCUT2D eigenvalue weighted by Gasteiger charge is -2.35. The number of benzene rings is 2. The maximum Gasteiger partial charge on any atom is 0.346 e. The second-order valence-corrected chi connectivity index (χ2v) is 8.71. The van der Waals surface area contributed by atoms with Crippen LogP contribution in [-0.2, 0) is 6.42 Å². The van der Waals surface area contributed by atoms with Crippen LogP contribution in [0.1, 0.15) is 24.8 Å². The highest BCUT2D eigenvalue weighted by molar-refractivity contribution is 5.78. The molecule has 9 nitrogen and oxygen atoms in total. The normalized spacial score (nSPS) is 15.5. The Labute approximate surface area is 209 Å². The zero-order chi connectivity index (χ0) is 24.9. The molecule has 0 bridgehead atoms. The first-order valence-corrected chi connectivity index (χ1v) is 12.0. The molecule has 5 rings (SSSR count). The molecule has 1 saturated heterocycles. The first kappa shape index (κ1) is 23.5. The molecule has 3 heterocycles. The van der Waals surface area contributed by atoms with E-state index >= 15 is 0 Å². The van der Waals surface area contributed by atoms with Gasteiger partial charge in [0, 0.05) is 18.2 Å². The van der Waals surface area contributed by atoms with E-state index in [1.54, 1.807) is 20.4 Å². The molecular formula is C27H28N6O3. The number of ether oxygens (including phenoxy) is 2. The first-order valence-electron chi connectivity index (χ1n) is 12.0. The number of hydrogen-bond donors (Lipinski definition) is 0. The van der Waals surface area contributed by atoms with Gasteiger partial charge in [-0.2, -0.15) is 4.68 Å². The number of carbonyl (C=O) groups is 1. The summed E-state index contributed by atoms with van der Waals surface area (Å²) in [4.78, 5) is 23.7. The van der Waals surface area contributed by atoms with Gasteiger partial charge in [-0.1, -0.05) is 59.8 Å². The molecule has 1 atom stereocenters. The maximum atomic E-state index is 13.4. The van der Waals surface area contributed by atoms with E-state index in [1.165, 1.54) is 16.6 Å². The third kappa shape index (κ3) is 4.77. The highest BCUT2D eigenvalue weighted by Gasteiger charge is 2.28. The second kappa shape index (κ2) is 10.6. The highest BCUT2D eigenvalue weighted by atomic mass is 16.5. The number of nitrogens with zero attached hydrogens (tertiary/aromatic N) is 6. The summed E-state index contributed by atoms with van der Waals surface area (Å²) < 4.78 is 12.1. The molecule has 36 heavy (non-hydrogen) atoms. The molecule has 0 aliphatic carbocycles. The van der Waals surface area contributed by atoms with Crippen molar-refractivity contribution < 1.29 is 14.3 Å². The van der Waals surface area contributed by atoms with Crippen molar-refractivity contribution in [2.24, 2.45) is 0 Å². The molecule has 1 fully saturated rings. The SMILES string of the molecule is COc1ncnc(OC)c1-c1ccc(-c2cn(C(=O)N3CCCCC3Cc3ccccc3)nn2)cc1. The van der Waals surface area contributed by atoms with Gasteiger partial charge in [-0.05, 0) is 36.8 Å². The summed E-state index contributed by atoms with van der Waals surface area (Å²) in [6, 6.07) is 18.0. The number of likely N-dealkylation sites (tertiary alicyclic amines) is 1. The van der Waals surface area contributed by atoms with E-state index in [0.29, 0.717) is 23.0 Å². The molecule has 1 aliphatic heterocycles. The van der Waals surface area contributed by atoms with E-state index in [-0.39, 0.29) is 12.1 Å². The van der Waals surface area contributed by atoms with Crippen molar-refractivity contribution in [3.05, 3.63) is 72.7 Å². The van der Waals surface area contributed by atoms with Crippen LogP contribution in [0, 0.1) is 0 Å². The Morgan fingerprint density at radius 1 is 0.944 bits per heavy atom. The van der Waals surface area contributed by atoms with Crippen LogP contribution in [0.4, 0.5) is 4.79 Å². The second-order valence-electron chi connectivity index (χ2n) is 8.71. The summed E-state index contributed by atoms with van der Waals surface area (Å²) in [5.41, 5.74) is 4.21. The van der Waals surface area contributed by atoms with Gasteiger partial charge in [-0.25, -0.2) is 14.8 Å². The predicted molar refractivity (Wildman–Crippen MR) is 135 cm³/mol. The van der Waals surface area contributed by atoms with Crippen molar-refractivity contribution >= 4 is 6.03 Å². The molecule has 9 heteroatoms. The van der Waals surface area contributed by atoms with Crippen LogP contribution in [0.15, 0.2) is 67.1 Å². The van der Waals surface area contributed by atoms with Crippen molar-refractivity contribution in [3.63, 3.8) is 0 Å². The number of carbonyl (C=O) groups excluding carboxylic acids is 1. The lowest BCUT2D eigenvalue weighted by molar-refractivity contribution is 0.149. The van der Waals surface area contributed by atoms with E-state index in [4.69, 9.17) is 9.47 Å². The fourth-order valence-electron chi connectivity index (χ4n) is 4.69. The summed E-state index contributed by atoms with van der Waals surface area (Å²) in [5.74, 6) is 0.857. The molecule has 184 valence electrons. The Hall–Kier alpha value is -4.27. The van der Waals surface area contributed by atoms with Crippen molar-refractivity contribution in [3.8, 4) is 34.1 Å². The van der Waals surface area contributed by atoms with Gasteiger partial charge in [0.25, 0.3) is 0 Å². The third-order valence-corrected chi connectivity index (χ3v) is 6.51. The Kier molecular flexibility index (Phi) is 6.88. The average Bonchev–Trinajstić information content (AvgIpc) is 3.43. The van der Waals surface area contributed by atoms with Gasteiger partial charge >= 0.3 is 6.03 Å². The van der Waals surface area contributed by atoms with Crippen molar-refractivity contribution in [1.82, 2.24) is 29.9 Å². The van der Waals surface area contributed by atoms with Crippen LogP contribution in [-0.4, -0.2) is 62.7 Å². The Bertz CT molecular complexity index is 1300. The van der Waals surface area contributed by atoms with Gasteiger partial charge in [0.05, 0.1) is 20.4 Å². The molecule has 0 radical (unpaired) electrons. The van der Waals surface area contributed by atoms with Crippen LogP contribution in [0.25, 0.3) is 22.4 Å². The van der Waals surface area contributed by atoms with E-state index < -0.39 is 0 Å². The summed E-state index contributed by atoms with van der Waals surface area (Å²) in [6.45, 7) is 0.725. The minimum atomic E-state index is -0.137. The van der Waals surface area contributed by atoms with Crippen molar-refractivity contribution in [2.75, 3.05) is 20.8 Å². The standard InChI is InChI=1S/C27H28N6O3/c1-35-25-24(26(36-2)29-18-28-25)21-13-11-20(12-14-21)23-17-33(31-30-23)27(34)32-15-7-6-10-22(32)16-19-8-4-3-5-9-19/h3-5,8-9,11-14,17-18,22H,6-7,10,15-16H2,1-2H3. The molecule has 0 saturated carbocycles. The molecular weight excluding hydrogens is 456 g/mol. The average molecular weight is 485 g/mol. The number of piperidine rings is 1. The van der Waals surface area contributed by atoms with Crippen LogP contribution in [0.3, 0.4) is 0 Å². The number of methoxy groups -OCH3 is 2.